The molecule has 1 saturated heterocycles. The highest BCUT2D eigenvalue weighted by atomic mass is 32.2. The summed E-state index contributed by atoms with van der Waals surface area (Å²) in [6, 6.07) is 0.272. The minimum atomic E-state index is -2.76. The van der Waals surface area contributed by atoms with Gasteiger partial charge < -0.3 is 5.32 Å². The second-order valence-electron chi connectivity index (χ2n) is 3.11. The Hall–Kier alpha value is -0.0900. The Balaban J connectivity index is 2.62. The molecule has 0 bridgehead atoms. The van der Waals surface area contributed by atoms with Gasteiger partial charge in [-0.25, -0.2) is 8.42 Å². The van der Waals surface area contributed by atoms with E-state index in [1.54, 1.807) is 14.0 Å². The first-order valence-corrected chi connectivity index (χ1v) is 5.58. The third kappa shape index (κ3) is 1.93. The number of sulfone groups is 1. The van der Waals surface area contributed by atoms with Crippen LogP contribution in [0.25, 0.3) is 5.32 Å². The van der Waals surface area contributed by atoms with Gasteiger partial charge in [-0.15, -0.1) is 6.04 Å². The minimum Gasteiger partial charge on any atom is -0.662 e. The molecule has 3 nitrogen and oxygen atoms in total. The van der Waals surface area contributed by atoms with Crippen LogP contribution in [0, 0.1) is 0 Å². The van der Waals surface area contributed by atoms with Gasteiger partial charge in [0.15, 0.2) is 9.84 Å². The van der Waals surface area contributed by atoms with Crippen LogP contribution < -0.4 is 0 Å². The van der Waals surface area contributed by atoms with E-state index in [4.69, 9.17) is 0 Å². The van der Waals surface area contributed by atoms with Gasteiger partial charge in [0.2, 0.25) is 0 Å². The first-order chi connectivity index (χ1) is 5.06. The SMILES string of the molecule is C[N-]C1CCS(=O)(=O)C(C)C1. The highest BCUT2D eigenvalue weighted by molar-refractivity contribution is 7.92. The van der Waals surface area contributed by atoms with Crippen LogP contribution in [-0.4, -0.2) is 32.5 Å². The quantitative estimate of drug-likeness (QED) is 0.597. The van der Waals surface area contributed by atoms with E-state index in [0.717, 1.165) is 0 Å². The Kier molecular flexibility index (Phi) is 2.54. The maximum Gasteiger partial charge on any atom is 0.152 e. The highest BCUT2D eigenvalue weighted by Gasteiger charge is 2.26. The Bertz CT molecular complexity index is 223. The molecule has 0 aromatic carbocycles. The predicted molar refractivity (Wildman–Crippen MR) is 45.6 cm³/mol. The van der Waals surface area contributed by atoms with E-state index in [1.165, 1.54) is 0 Å². The van der Waals surface area contributed by atoms with Crippen LogP contribution in [0.2, 0.25) is 0 Å². The zero-order valence-electron chi connectivity index (χ0n) is 6.95. The summed E-state index contributed by atoms with van der Waals surface area (Å²) >= 11 is 0. The van der Waals surface area contributed by atoms with Crippen LogP contribution in [0.4, 0.5) is 0 Å². The second kappa shape index (κ2) is 3.11. The van der Waals surface area contributed by atoms with E-state index in [1.807, 2.05) is 0 Å². The molecule has 1 rings (SSSR count). The van der Waals surface area contributed by atoms with E-state index in [-0.39, 0.29) is 11.3 Å². The molecule has 0 amide bonds. The predicted octanol–water partition coefficient (Wildman–Crippen LogP) is 0.956. The molecule has 1 fully saturated rings. The van der Waals surface area contributed by atoms with Crippen molar-refractivity contribution in [2.24, 2.45) is 0 Å². The number of hydrogen-bond donors (Lipinski definition) is 0. The second-order valence-corrected chi connectivity index (χ2v) is 5.65. The lowest BCUT2D eigenvalue weighted by Gasteiger charge is -2.34. The lowest BCUT2D eigenvalue weighted by molar-refractivity contribution is 0.533. The molecule has 2 unspecified atom stereocenters. The molecule has 66 valence electrons. The fourth-order valence-electron chi connectivity index (χ4n) is 1.38. The van der Waals surface area contributed by atoms with Gasteiger partial charge >= 0.3 is 0 Å². The molecule has 0 N–H and O–H groups in total. The summed E-state index contributed by atoms with van der Waals surface area (Å²) in [5, 5.41) is 3.91. The normalized spacial score (nSPS) is 36.9. The molecule has 0 aromatic heterocycles. The molecule has 11 heavy (non-hydrogen) atoms. The summed E-state index contributed by atoms with van der Waals surface area (Å²) in [5.74, 6) is 0.316. The molecular formula is C7H14NO2S-. The van der Waals surface area contributed by atoms with Gasteiger partial charge in [0, 0.05) is 5.75 Å². The van der Waals surface area contributed by atoms with Crippen molar-refractivity contribution in [1.29, 1.82) is 0 Å². The van der Waals surface area contributed by atoms with Gasteiger partial charge in [-0.1, -0.05) is 12.8 Å². The maximum absolute atomic E-state index is 11.2. The Labute approximate surface area is 68.1 Å². The van der Waals surface area contributed by atoms with E-state index in [2.05, 4.69) is 5.32 Å². The number of hydrogen-bond acceptors (Lipinski definition) is 2. The largest absolute Gasteiger partial charge is 0.662 e. The highest BCUT2D eigenvalue weighted by Crippen LogP contribution is 2.23. The van der Waals surface area contributed by atoms with Crippen molar-refractivity contribution < 1.29 is 8.42 Å². The first-order valence-electron chi connectivity index (χ1n) is 3.87. The van der Waals surface area contributed by atoms with Crippen molar-refractivity contribution in [2.45, 2.75) is 31.1 Å². The average molecular weight is 176 g/mol. The Morgan fingerprint density at radius 3 is 2.55 bits per heavy atom. The standard InChI is InChI=1S/C7H14NO2S/c1-6-5-7(8-2)3-4-11(6,9)10/h6-7H,3-5H2,1-2H3/q-1. The van der Waals surface area contributed by atoms with Crippen LogP contribution in [0.15, 0.2) is 0 Å². The minimum absolute atomic E-state index is 0.190. The molecule has 0 radical (unpaired) electrons. The summed E-state index contributed by atoms with van der Waals surface area (Å²) in [6.45, 7) is 1.77. The van der Waals surface area contributed by atoms with Gasteiger partial charge in [0.05, 0.1) is 5.25 Å². The van der Waals surface area contributed by atoms with Crippen LogP contribution in [0.5, 0.6) is 0 Å². The topological polar surface area (TPSA) is 48.2 Å². The third-order valence-corrected chi connectivity index (χ3v) is 4.54. The molecule has 0 aromatic rings. The molecule has 4 heteroatoms. The smallest absolute Gasteiger partial charge is 0.152 e. The fraction of sp³-hybridized carbons (Fsp3) is 1.00. The summed E-state index contributed by atoms with van der Waals surface area (Å²) in [4.78, 5) is 0. The zero-order valence-corrected chi connectivity index (χ0v) is 7.76. The first kappa shape index (κ1) is 9.00. The lowest BCUT2D eigenvalue weighted by Crippen LogP contribution is -2.32. The van der Waals surface area contributed by atoms with E-state index < -0.39 is 9.84 Å². The van der Waals surface area contributed by atoms with Gasteiger partial charge in [-0.3, -0.25) is 0 Å². The molecule has 1 aliphatic heterocycles. The molecule has 1 aliphatic rings. The lowest BCUT2D eigenvalue weighted by atomic mass is 10.1. The van der Waals surface area contributed by atoms with E-state index in [0.29, 0.717) is 18.6 Å². The monoisotopic (exact) mass is 176 g/mol. The average Bonchev–Trinajstić information content (AvgIpc) is 1.95. The van der Waals surface area contributed by atoms with Gasteiger partial charge in [0.1, 0.15) is 0 Å². The van der Waals surface area contributed by atoms with Crippen LogP contribution >= 0.6 is 0 Å². The van der Waals surface area contributed by atoms with Crippen molar-refractivity contribution >= 4 is 9.84 Å². The van der Waals surface area contributed by atoms with Crippen LogP contribution in [0.1, 0.15) is 19.8 Å². The fourth-order valence-corrected chi connectivity index (χ4v) is 2.90. The van der Waals surface area contributed by atoms with Crippen molar-refractivity contribution in [3.05, 3.63) is 5.32 Å². The third-order valence-electron chi connectivity index (χ3n) is 2.32. The maximum atomic E-state index is 11.2. The summed E-state index contributed by atoms with van der Waals surface area (Å²) in [5.41, 5.74) is 0. The molecule has 2 atom stereocenters. The molecule has 0 spiro atoms. The number of nitrogens with zero attached hydrogens (tertiary/aromatic N) is 1. The Morgan fingerprint density at radius 1 is 1.45 bits per heavy atom. The van der Waals surface area contributed by atoms with Crippen LogP contribution in [0.3, 0.4) is 0 Å². The molecule has 1 heterocycles. The van der Waals surface area contributed by atoms with E-state index in [9.17, 15) is 8.42 Å². The van der Waals surface area contributed by atoms with E-state index >= 15 is 0 Å². The van der Waals surface area contributed by atoms with Crippen molar-refractivity contribution in [2.75, 3.05) is 12.8 Å². The number of rotatable bonds is 1. The zero-order chi connectivity index (χ0) is 8.48. The van der Waals surface area contributed by atoms with Crippen LogP contribution in [-0.2, 0) is 9.84 Å². The van der Waals surface area contributed by atoms with Gasteiger partial charge in [-0.05, 0) is 6.92 Å². The summed E-state index contributed by atoms with van der Waals surface area (Å²) < 4.78 is 22.4. The van der Waals surface area contributed by atoms with Gasteiger partial charge in [0.25, 0.3) is 0 Å². The van der Waals surface area contributed by atoms with Gasteiger partial charge in [-0.2, -0.15) is 7.05 Å². The summed E-state index contributed by atoms with van der Waals surface area (Å²) in [7, 11) is -1.01. The van der Waals surface area contributed by atoms with Crippen molar-refractivity contribution in [3.63, 3.8) is 0 Å². The molecular weight excluding hydrogens is 162 g/mol. The van der Waals surface area contributed by atoms with Crippen molar-refractivity contribution in [1.82, 2.24) is 0 Å². The summed E-state index contributed by atoms with van der Waals surface area (Å²) in [6.07, 6.45) is 1.42. The molecule has 0 aliphatic carbocycles. The Morgan fingerprint density at radius 2 is 2.09 bits per heavy atom. The van der Waals surface area contributed by atoms with Crippen molar-refractivity contribution in [3.8, 4) is 0 Å². The molecule has 0 saturated carbocycles.